The highest BCUT2D eigenvalue weighted by Gasteiger charge is 2.33. The molecular formula is C17H17N3O3. The molecule has 2 aromatic rings. The van der Waals surface area contributed by atoms with Gasteiger partial charge >= 0.3 is 0 Å². The number of hydrogen-bond donors (Lipinski definition) is 1. The Balaban J connectivity index is 1.41. The van der Waals surface area contributed by atoms with Gasteiger partial charge < -0.3 is 14.7 Å². The zero-order chi connectivity index (χ0) is 15.8. The Morgan fingerprint density at radius 1 is 1.26 bits per heavy atom. The maximum absolute atomic E-state index is 12.2. The van der Waals surface area contributed by atoms with Crippen LogP contribution in [0, 0.1) is 0 Å². The number of anilines is 1. The highest BCUT2D eigenvalue weighted by atomic mass is 16.5. The summed E-state index contributed by atoms with van der Waals surface area (Å²) >= 11 is 0. The first kappa shape index (κ1) is 14.0. The van der Waals surface area contributed by atoms with E-state index in [1.54, 1.807) is 11.0 Å². The molecule has 2 amide bonds. The van der Waals surface area contributed by atoms with Crippen LogP contribution in [0.5, 0.6) is 0 Å². The molecule has 118 valence electrons. The van der Waals surface area contributed by atoms with E-state index in [2.05, 4.69) is 10.5 Å². The van der Waals surface area contributed by atoms with E-state index in [0.29, 0.717) is 18.9 Å². The monoisotopic (exact) mass is 311 g/mol. The number of hydrogen-bond acceptors (Lipinski definition) is 4. The van der Waals surface area contributed by atoms with E-state index in [1.165, 1.54) is 0 Å². The lowest BCUT2D eigenvalue weighted by molar-refractivity contribution is -0.117. The fourth-order valence-corrected chi connectivity index (χ4v) is 2.88. The molecule has 1 aliphatic heterocycles. The highest BCUT2D eigenvalue weighted by Crippen LogP contribution is 2.40. The molecule has 6 nitrogen and oxygen atoms in total. The molecule has 1 unspecified atom stereocenters. The molecular weight excluding hydrogens is 294 g/mol. The van der Waals surface area contributed by atoms with Gasteiger partial charge in [-0.3, -0.25) is 9.59 Å². The Bertz CT molecular complexity index is 737. The van der Waals surface area contributed by atoms with Crippen LogP contribution in [0.4, 0.5) is 5.69 Å². The smallest absolute Gasteiger partial charge is 0.273 e. The normalized spacial score (nSPS) is 20.8. The second-order valence-electron chi connectivity index (χ2n) is 6.10. The summed E-state index contributed by atoms with van der Waals surface area (Å²) in [5.41, 5.74) is 1.14. The number of nitrogens with zero attached hydrogens (tertiary/aromatic N) is 2. The van der Waals surface area contributed by atoms with E-state index in [4.69, 9.17) is 4.52 Å². The summed E-state index contributed by atoms with van der Waals surface area (Å²) < 4.78 is 5.20. The van der Waals surface area contributed by atoms with Gasteiger partial charge in [0.1, 0.15) is 5.76 Å². The van der Waals surface area contributed by atoms with Crippen LogP contribution in [0.15, 0.2) is 40.9 Å². The minimum atomic E-state index is -0.284. The fraction of sp³-hybridized carbons (Fsp3) is 0.353. The molecule has 6 heteroatoms. The third kappa shape index (κ3) is 2.84. The largest absolute Gasteiger partial charge is 0.360 e. The standard InChI is InChI=1S/C17H17N3O3/c21-16-8-12(10-20(16)13-4-2-1-3-5-13)18-17(22)14-9-15(23-19-14)11-6-7-11/h1-5,9,11-12H,6-8,10H2,(H,18,22). The van der Waals surface area contributed by atoms with E-state index < -0.39 is 0 Å². The number of rotatable bonds is 4. The van der Waals surface area contributed by atoms with Gasteiger partial charge in [0.2, 0.25) is 5.91 Å². The SMILES string of the molecule is O=C(NC1CC(=O)N(c2ccccc2)C1)c1cc(C2CC2)on1. The van der Waals surface area contributed by atoms with Crippen molar-refractivity contribution in [1.82, 2.24) is 10.5 Å². The molecule has 1 saturated heterocycles. The van der Waals surface area contributed by atoms with Crippen molar-refractivity contribution in [3.05, 3.63) is 47.9 Å². The minimum Gasteiger partial charge on any atom is -0.360 e. The van der Waals surface area contributed by atoms with Gasteiger partial charge in [0, 0.05) is 30.6 Å². The molecule has 0 spiro atoms. The summed E-state index contributed by atoms with van der Waals surface area (Å²) in [6, 6.07) is 11.0. The van der Waals surface area contributed by atoms with Crippen LogP contribution in [-0.2, 0) is 4.79 Å². The van der Waals surface area contributed by atoms with Gasteiger partial charge in [-0.1, -0.05) is 23.4 Å². The van der Waals surface area contributed by atoms with Gasteiger partial charge in [0.15, 0.2) is 5.69 Å². The topological polar surface area (TPSA) is 75.4 Å². The van der Waals surface area contributed by atoms with Crippen molar-refractivity contribution in [2.24, 2.45) is 0 Å². The second-order valence-corrected chi connectivity index (χ2v) is 6.10. The third-order valence-corrected chi connectivity index (χ3v) is 4.27. The number of benzene rings is 1. The molecule has 4 rings (SSSR count). The van der Waals surface area contributed by atoms with E-state index in [9.17, 15) is 9.59 Å². The molecule has 2 heterocycles. The van der Waals surface area contributed by atoms with Gasteiger partial charge in [-0.05, 0) is 25.0 Å². The number of para-hydroxylation sites is 1. The van der Waals surface area contributed by atoms with E-state index in [0.717, 1.165) is 24.3 Å². The summed E-state index contributed by atoms with van der Waals surface area (Å²) in [6.07, 6.45) is 2.49. The van der Waals surface area contributed by atoms with Crippen LogP contribution in [-0.4, -0.2) is 29.6 Å². The lowest BCUT2D eigenvalue weighted by Gasteiger charge is -2.16. The summed E-state index contributed by atoms with van der Waals surface area (Å²) in [5, 5.41) is 6.70. The molecule has 2 fully saturated rings. The second kappa shape index (κ2) is 5.53. The lowest BCUT2D eigenvalue weighted by Crippen LogP contribution is -2.37. The van der Waals surface area contributed by atoms with Crippen molar-refractivity contribution >= 4 is 17.5 Å². The zero-order valence-electron chi connectivity index (χ0n) is 12.6. The Morgan fingerprint density at radius 2 is 2.04 bits per heavy atom. The molecule has 1 N–H and O–H groups in total. The summed E-state index contributed by atoms with van der Waals surface area (Å²) in [6.45, 7) is 0.474. The van der Waals surface area contributed by atoms with E-state index in [1.807, 2.05) is 30.3 Å². The molecule has 1 saturated carbocycles. The van der Waals surface area contributed by atoms with Gasteiger partial charge in [0.05, 0.1) is 6.04 Å². The predicted molar refractivity (Wildman–Crippen MR) is 83.1 cm³/mol. The average molecular weight is 311 g/mol. The van der Waals surface area contributed by atoms with E-state index >= 15 is 0 Å². The number of carbonyl (C=O) groups is 2. The first-order chi connectivity index (χ1) is 11.2. The molecule has 23 heavy (non-hydrogen) atoms. The first-order valence-corrected chi connectivity index (χ1v) is 7.83. The third-order valence-electron chi connectivity index (χ3n) is 4.27. The Hall–Kier alpha value is -2.63. The molecule has 1 aromatic heterocycles. The van der Waals surface area contributed by atoms with Crippen molar-refractivity contribution < 1.29 is 14.1 Å². The lowest BCUT2D eigenvalue weighted by atomic mass is 10.2. The highest BCUT2D eigenvalue weighted by molar-refractivity contribution is 5.98. The van der Waals surface area contributed by atoms with Crippen LogP contribution < -0.4 is 10.2 Å². The van der Waals surface area contributed by atoms with Gasteiger partial charge in [-0.25, -0.2) is 0 Å². The van der Waals surface area contributed by atoms with Gasteiger partial charge in [0.25, 0.3) is 5.91 Å². The number of nitrogens with one attached hydrogen (secondary N) is 1. The maximum Gasteiger partial charge on any atom is 0.273 e. The Morgan fingerprint density at radius 3 is 2.78 bits per heavy atom. The maximum atomic E-state index is 12.2. The molecule has 1 aromatic carbocycles. The predicted octanol–water partition coefficient (Wildman–Crippen LogP) is 2.09. The Kier molecular flexibility index (Phi) is 3.37. The zero-order valence-corrected chi connectivity index (χ0v) is 12.6. The molecule has 0 radical (unpaired) electrons. The quantitative estimate of drug-likeness (QED) is 0.938. The van der Waals surface area contributed by atoms with Crippen molar-refractivity contribution in [1.29, 1.82) is 0 Å². The van der Waals surface area contributed by atoms with Crippen LogP contribution in [0.1, 0.15) is 41.4 Å². The molecule has 2 aliphatic rings. The van der Waals surface area contributed by atoms with Crippen LogP contribution in [0.2, 0.25) is 0 Å². The fourth-order valence-electron chi connectivity index (χ4n) is 2.88. The van der Waals surface area contributed by atoms with Crippen LogP contribution in [0.3, 0.4) is 0 Å². The molecule has 1 aliphatic carbocycles. The van der Waals surface area contributed by atoms with Crippen molar-refractivity contribution in [3.63, 3.8) is 0 Å². The molecule has 1 atom stereocenters. The van der Waals surface area contributed by atoms with Crippen LogP contribution in [0.25, 0.3) is 0 Å². The summed E-state index contributed by atoms with van der Waals surface area (Å²) in [7, 11) is 0. The number of amides is 2. The van der Waals surface area contributed by atoms with Gasteiger partial charge in [-0.15, -0.1) is 0 Å². The number of aromatic nitrogens is 1. The number of carbonyl (C=O) groups excluding carboxylic acids is 2. The average Bonchev–Trinajstić information content (AvgIpc) is 3.17. The van der Waals surface area contributed by atoms with Crippen molar-refractivity contribution in [2.45, 2.75) is 31.2 Å². The molecule has 0 bridgehead atoms. The summed E-state index contributed by atoms with van der Waals surface area (Å²) in [5.74, 6) is 0.933. The van der Waals surface area contributed by atoms with Crippen molar-refractivity contribution in [2.75, 3.05) is 11.4 Å². The van der Waals surface area contributed by atoms with Crippen molar-refractivity contribution in [3.8, 4) is 0 Å². The first-order valence-electron chi connectivity index (χ1n) is 7.83. The van der Waals surface area contributed by atoms with Gasteiger partial charge in [-0.2, -0.15) is 0 Å². The van der Waals surface area contributed by atoms with Crippen LogP contribution >= 0.6 is 0 Å². The summed E-state index contributed by atoms with van der Waals surface area (Å²) in [4.78, 5) is 26.1. The minimum absolute atomic E-state index is 0.0142. The van der Waals surface area contributed by atoms with E-state index in [-0.39, 0.29) is 23.6 Å². The Labute approximate surface area is 133 Å².